The fourth-order valence-electron chi connectivity index (χ4n) is 4.98. The van der Waals surface area contributed by atoms with Crippen molar-refractivity contribution in [2.75, 3.05) is 41.5 Å². The Morgan fingerprint density at radius 3 is 2.27 bits per heavy atom. The van der Waals surface area contributed by atoms with Crippen molar-refractivity contribution >= 4 is 5.91 Å². The van der Waals surface area contributed by atoms with E-state index in [-0.39, 0.29) is 11.9 Å². The largest absolute Gasteiger partial charge is 0.493 e. The topological polar surface area (TPSA) is 69.3 Å². The first-order valence-electron chi connectivity index (χ1n) is 12.5. The first-order valence-corrected chi connectivity index (χ1v) is 12.5. The summed E-state index contributed by atoms with van der Waals surface area (Å²) in [7, 11) is 6.57. The number of carbonyl (C=O) groups is 1. The molecule has 7 heteroatoms. The second-order valence-electron chi connectivity index (χ2n) is 9.24. The average Bonchev–Trinajstić information content (AvgIpc) is 2.92. The van der Waals surface area contributed by atoms with E-state index in [1.165, 1.54) is 11.1 Å². The number of hydrogen-bond donors (Lipinski definition) is 1. The minimum absolute atomic E-state index is 0.00416. The Morgan fingerprint density at radius 2 is 1.57 bits per heavy atom. The molecule has 0 radical (unpaired) electrons. The van der Waals surface area contributed by atoms with Gasteiger partial charge in [0.1, 0.15) is 0 Å². The molecule has 1 heterocycles. The molecule has 1 aliphatic heterocycles. The van der Waals surface area contributed by atoms with Crippen LogP contribution in [-0.2, 0) is 24.2 Å². The van der Waals surface area contributed by atoms with Crippen LogP contribution in [0.3, 0.4) is 0 Å². The molecular formula is C30H36N2O5. The maximum atomic E-state index is 13.1. The molecule has 3 aromatic carbocycles. The fraction of sp³-hybridized carbons (Fsp3) is 0.367. The highest BCUT2D eigenvalue weighted by Crippen LogP contribution is 2.40. The fourth-order valence-corrected chi connectivity index (χ4v) is 4.98. The number of nitrogens with zero attached hydrogens (tertiary/aromatic N) is 1. The van der Waals surface area contributed by atoms with Crippen LogP contribution in [0.4, 0.5) is 0 Å². The molecule has 0 saturated heterocycles. The van der Waals surface area contributed by atoms with Gasteiger partial charge in [0, 0.05) is 19.1 Å². The Morgan fingerprint density at radius 1 is 0.892 bits per heavy atom. The quantitative estimate of drug-likeness (QED) is 0.439. The number of carbonyl (C=O) groups excluding carboxylic acids is 1. The SMILES string of the molecule is COc1ccc(CC2c3cc(OC)c(OC)cc3CCN2CC(=O)NCc2ccccc2C)cc1OC. The van der Waals surface area contributed by atoms with Crippen LogP contribution in [0.5, 0.6) is 23.0 Å². The molecule has 0 aromatic heterocycles. The molecule has 0 bridgehead atoms. The average molecular weight is 505 g/mol. The lowest BCUT2D eigenvalue weighted by Gasteiger charge is -2.37. The van der Waals surface area contributed by atoms with Crippen molar-refractivity contribution < 1.29 is 23.7 Å². The first kappa shape index (κ1) is 26.4. The molecule has 0 aliphatic carbocycles. The van der Waals surface area contributed by atoms with Crippen LogP contribution in [-0.4, -0.2) is 52.3 Å². The molecule has 4 rings (SSSR count). The monoisotopic (exact) mass is 504 g/mol. The standard InChI is InChI=1S/C30H36N2O5/c1-20-8-6-7-9-23(20)18-31-30(33)19-32-13-12-22-16-28(36-4)29(37-5)17-24(22)25(32)14-21-10-11-26(34-2)27(15-21)35-3/h6-11,15-17,25H,12-14,18-19H2,1-5H3,(H,31,33). The highest BCUT2D eigenvalue weighted by atomic mass is 16.5. The number of aryl methyl sites for hydroxylation is 1. The van der Waals surface area contributed by atoms with Gasteiger partial charge in [0.05, 0.1) is 35.0 Å². The van der Waals surface area contributed by atoms with Crippen molar-refractivity contribution in [2.24, 2.45) is 0 Å². The predicted molar refractivity (Wildman–Crippen MR) is 144 cm³/mol. The maximum absolute atomic E-state index is 13.1. The van der Waals surface area contributed by atoms with Gasteiger partial charge in [0.25, 0.3) is 0 Å². The van der Waals surface area contributed by atoms with Gasteiger partial charge < -0.3 is 24.3 Å². The van der Waals surface area contributed by atoms with E-state index in [1.54, 1.807) is 28.4 Å². The van der Waals surface area contributed by atoms with Gasteiger partial charge in [-0.1, -0.05) is 30.3 Å². The summed E-state index contributed by atoms with van der Waals surface area (Å²) in [6, 6.07) is 18.2. The van der Waals surface area contributed by atoms with Crippen molar-refractivity contribution in [3.8, 4) is 23.0 Å². The smallest absolute Gasteiger partial charge is 0.234 e. The Bertz CT molecular complexity index is 1240. The molecule has 1 atom stereocenters. The van der Waals surface area contributed by atoms with Crippen molar-refractivity contribution in [2.45, 2.75) is 32.4 Å². The highest BCUT2D eigenvalue weighted by Gasteiger charge is 2.31. The van der Waals surface area contributed by atoms with Crippen molar-refractivity contribution in [3.63, 3.8) is 0 Å². The number of nitrogens with one attached hydrogen (secondary N) is 1. The number of ether oxygens (including phenoxy) is 4. The molecule has 3 aromatic rings. The Kier molecular flexibility index (Phi) is 8.56. The third-order valence-electron chi connectivity index (χ3n) is 7.07. The van der Waals surface area contributed by atoms with E-state index in [1.807, 2.05) is 36.4 Å². The van der Waals surface area contributed by atoms with Crippen LogP contribution in [0, 0.1) is 6.92 Å². The molecular weight excluding hydrogens is 468 g/mol. The lowest BCUT2D eigenvalue weighted by molar-refractivity contribution is -0.123. The van der Waals surface area contributed by atoms with Crippen LogP contribution in [0.15, 0.2) is 54.6 Å². The van der Waals surface area contributed by atoms with E-state index in [0.29, 0.717) is 36.8 Å². The number of amides is 1. The van der Waals surface area contributed by atoms with Crippen LogP contribution in [0.1, 0.15) is 33.9 Å². The summed E-state index contributed by atoms with van der Waals surface area (Å²) in [6.07, 6.45) is 1.52. The van der Waals surface area contributed by atoms with Crippen LogP contribution in [0.2, 0.25) is 0 Å². The number of rotatable bonds is 10. The number of benzene rings is 3. The zero-order valence-corrected chi connectivity index (χ0v) is 22.3. The van der Waals surface area contributed by atoms with Gasteiger partial charge >= 0.3 is 0 Å². The van der Waals surface area contributed by atoms with Gasteiger partial charge in [0.2, 0.25) is 5.91 Å². The molecule has 1 N–H and O–H groups in total. The van der Waals surface area contributed by atoms with E-state index in [4.69, 9.17) is 18.9 Å². The van der Waals surface area contributed by atoms with E-state index >= 15 is 0 Å². The Labute approximate surface area is 219 Å². The third-order valence-corrected chi connectivity index (χ3v) is 7.07. The lowest BCUT2D eigenvalue weighted by atomic mass is 9.88. The van der Waals surface area contributed by atoms with Crippen LogP contribution >= 0.6 is 0 Å². The number of methoxy groups -OCH3 is 4. The predicted octanol–water partition coefficient (Wildman–Crippen LogP) is 4.49. The second kappa shape index (κ2) is 12.0. The van der Waals surface area contributed by atoms with Crippen LogP contribution in [0.25, 0.3) is 0 Å². The molecule has 1 unspecified atom stereocenters. The molecule has 1 amide bonds. The van der Waals surface area contributed by atoms with Gasteiger partial charge in [0.15, 0.2) is 23.0 Å². The Hall–Kier alpha value is -3.71. The van der Waals surface area contributed by atoms with Crippen molar-refractivity contribution in [3.05, 3.63) is 82.4 Å². The zero-order valence-electron chi connectivity index (χ0n) is 22.3. The molecule has 1 aliphatic rings. The molecule has 196 valence electrons. The highest BCUT2D eigenvalue weighted by molar-refractivity contribution is 5.78. The summed E-state index contributed by atoms with van der Waals surface area (Å²) in [6.45, 7) is 3.64. The minimum atomic E-state index is -0.0223. The first-order chi connectivity index (χ1) is 18.0. The Balaban J connectivity index is 1.61. The molecule has 7 nitrogen and oxygen atoms in total. The minimum Gasteiger partial charge on any atom is -0.493 e. The molecule has 37 heavy (non-hydrogen) atoms. The van der Waals surface area contributed by atoms with Gasteiger partial charge in [-0.25, -0.2) is 0 Å². The van der Waals surface area contributed by atoms with Gasteiger partial charge in [-0.2, -0.15) is 0 Å². The normalized spacial score (nSPS) is 15.0. The van der Waals surface area contributed by atoms with Crippen LogP contribution < -0.4 is 24.3 Å². The van der Waals surface area contributed by atoms with E-state index < -0.39 is 0 Å². The van der Waals surface area contributed by atoms with E-state index in [0.717, 1.165) is 35.4 Å². The van der Waals surface area contributed by atoms with Gasteiger partial charge in [-0.15, -0.1) is 0 Å². The molecule has 0 spiro atoms. The molecule has 0 fully saturated rings. The summed E-state index contributed by atoms with van der Waals surface area (Å²) < 4.78 is 22.1. The maximum Gasteiger partial charge on any atom is 0.234 e. The summed E-state index contributed by atoms with van der Waals surface area (Å²) in [5, 5.41) is 3.11. The van der Waals surface area contributed by atoms with Crippen molar-refractivity contribution in [1.29, 1.82) is 0 Å². The zero-order chi connectivity index (χ0) is 26.4. The van der Waals surface area contributed by atoms with Crippen molar-refractivity contribution in [1.82, 2.24) is 10.2 Å². The van der Waals surface area contributed by atoms with E-state index in [9.17, 15) is 4.79 Å². The summed E-state index contributed by atoms with van der Waals surface area (Å²) >= 11 is 0. The third kappa shape index (κ3) is 6.00. The van der Waals surface area contributed by atoms with Gasteiger partial charge in [-0.05, 0) is 71.8 Å². The summed E-state index contributed by atoms with van der Waals surface area (Å²) in [5.74, 6) is 2.78. The summed E-state index contributed by atoms with van der Waals surface area (Å²) in [4.78, 5) is 15.3. The molecule has 0 saturated carbocycles. The van der Waals surface area contributed by atoms with E-state index in [2.05, 4.69) is 35.3 Å². The van der Waals surface area contributed by atoms with Gasteiger partial charge in [-0.3, -0.25) is 9.69 Å². The lowest BCUT2D eigenvalue weighted by Crippen LogP contribution is -2.43. The number of hydrogen-bond acceptors (Lipinski definition) is 6. The summed E-state index contributed by atoms with van der Waals surface area (Å²) in [5.41, 5.74) is 5.74. The number of fused-ring (bicyclic) bond motifs is 1. The second-order valence-corrected chi connectivity index (χ2v) is 9.24.